The first-order valence-corrected chi connectivity index (χ1v) is 12.7. The van der Waals surface area contributed by atoms with Crippen molar-refractivity contribution in [1.29, 1.82) is 0 Å². The molecular formula is C29H24O11. The van der Waals surface area contributed by atoms with Gasteiger partial charge in [0.1, 0.15) is 40.8 Å². The summed E-state index contributed by atoms with van der Waals surface area (Å²) < 4.78 is 23.0. The lowest BCUT2D eigenvalue weighted by molar-refractivity contribution is -0.154. The fourth-order valence-electron chi connectivity index (χ4n) is 8.32. The molecule has 5 unspecified atom stereocenters. The maximum absolute atomic E-state index is 14.6. The maximum atomic E-state index is 14.6. The zero-order valence-corrected chi connectivity index (χ0v) is 21.9. The number of aromatic hydroxyl groups is 3. The Morgan fingerprint density at radius 1 is 1.00 bits per heavy atom. The highest BCUT2D eigenvalue weighted by atomic mass is 16.6. The molecular weight excluding hydrogens is 524 g/mol. The van der Waals surface area contributed by atoms with E-state index < -0.39 is 58.2 Å². The maximum Gasteiger partial charge on any atom is 0.350 e. The van der Waals surface area contributed by atoms with Gasteiger partial charge in [0.05, 0.1) is 11.3 Å². The highest BCUT2D eigenvalue weighted by molar-refractivity contribution is 6.10. The van der Waals surface area contributed by atoms with E-state index in [1.54, 1.807) is 13.8 Å². The highest BCUT2D eigenvalue weighted by Gasteiger charge is 2.78. The number of ketones is 1. The van der Waals surface area contributed by atoms with Crippen LogP contribution in [0.15, 0.2) is 21.3 Å². The van der Waals surface area contributed by atoms with Crippen LogP contribution in [0.2, 0.25) is 0 Å². The number of hydrogen-bond acceptors (Lipinski definition) is 11. The minimum Gasteiger partial charge on any atom is -0.507 e. The summed E-state index contributed by atoms with van der Waals surface area (Å²) in [7, 11) is 1.40. The standard InChI is InChI=1S/C29H24O11/c1-9-5-14(32)19-21-16(9)23(33)22-24(39-11(3)30)28(21,8-38-26(19)35)15-7-12-17-18(27(36)40-25(12)34)13(31)6-10(2)20(17)29(15,22)37-4/h5-6,15,22,24,31-32,34H,7-8H2,1-4H3. The number of hydrogen-bond donors (Lipinski definition) is 3. The number of carbonyl (C=O) groups excluding carboxylic acids is 3. The van der Waals surface area contributed by atoms with Gasteiger partial charge < -0.3 is 33.9 Å². The number of rotatable bonds is 2. The second kappa shape index (κ2) is 7.42. The zero-order valence-electron chi connectivity index (χ0n) is 21.9. The topological polar surface area (TPSA) is 170 Å². The number of phenols is 2. The molecule has 0 saturated heterocycles. The van der Waals surface area contributed by atoms with E-state index >= 15 is 0 Å². The Kier molecular flexibility index (Phi) is 4.57. The molecule has 40 heavy (non-hydrogen) atoms. The largest absolute Gasteiger partial charge is 0.507 e. The Balaban J connectivity index is 1.71. The number of methoxy groups -OCH3 is 1. The van der Waals surface area contributed by atoms with Gasteiger partial charge in [0.25, 0.3) is 5.95 Å². The molecule has 7 rings (SSSR count). The molecule has 2 bridgehead atoms. The van der Waals surface area contributed by atoms with Gasteiger partial charge in [-0.05, 0) is 54.7 Å². The van der Waals surface area contributed by atoms with E-state index in [9.17, 15) is 34.5 Å². The van der Waals surface area contributed by atoms with E-state index in [1.807, 2.05) is 0 Å². The fourth-order valence-corrected chi connectivity index (χ4v) is 8.32. The quantitative estimate of drug-likeness (QED) is 0.402. The summed E-state index contributed by atoms with van der Waals surface area (Å²) in [5, 5.41) is 32.6. The lowest BCUT2D eigenvalue weighted by Gasteiger charge is -2.48. The van der Waals surface area contributed by atoms with Gasteiger partial charge in [-0.1, -0.05) is 0 Å². The Hall–Kier alpha value is -4.38. The number of ether oxygens (including phenoxy) is 3. The number of aryl methyl sites for hydroxylation is 2. The molecule has 206 valence electrons. The van der Waals surface area contributed by atoms with Crippen LogP contribution in [-0.4, -0.2) is 52.9 Å². The van der Waals surface area contributed by atoms with Crippen LogP contribution in [-0.2, 0) is 36.4 Å². The van der Waals surface area contributed by atoms with Gasteiger partial charge in [-0.2, -0.15) is 0 Å². The van der Waals surface area contributed by atoms with Crippen LogP contribution in [0.4, 0.5) is 0 Å². The minimum absolute atomic E-state index is 0.0669. The van der Waals surface area contributed by atoms with Crippen LogP contribution in [0.3, 0.4) is 0 Å². The first-order valence-electron chi connectivity index (χ1n) is 12.7. The molecule has 1 aromatic heterocycles. The number of esters is 2. The summed E-state index contributed by atoms with van der Waals surface area (Å²) in [5.41, 5.74) is -2.28. The number of cyclic esters (lactones) is 1. The molecule has 2 heterocycles. The third-order valence-corrected chi connectivity index (χ3v) is 9.44. The van der Waals surface area contributed by atoms with Crippen molar-refractivity contribution in [3.63, 3.8) is 0 Å². The van der Waals surface area contributed by atoms with E-state index in [0.717, 1.165) is 0 Å². The molecule has 1 spiro atoms. The van der Waals surface area contributed by atoms with E-state index in [-0.39, 0.29) is 57.6 Å². The average Bonchev–Trinajstić information content (AvgIpc) is 3.04. The minimum atomic E-state index is -1.57. The number of Topliss-reactive ketones (excluding diaryl/α,β-unsaturated/α-hetero) is 1. The monoisotopic (exact) mass is 548 g/mol. The van der Waals surface area contributed by atoms with Crippen molar-refractivity contribution < 1.29 is 48.3 Å². The van der Waals surface area contributed by atoms with Gasteiger partial charge in [-0.25, -0.2) is 9.59 Å². The SMILES string of the molecule is COC12c3c(C)cc(O)c4c(=O)oc(O)c(c34)CC1C13COC(=O)c4c(O)cc(C)c(c41)C(=O)C2C3OC(C)=O. The van der Waals surface area contributed by atoms with Crippen LogP contribution < -0.4 is 5.63 Å². The van der Waals surface area contributed by atoms with Crippen molar-refractivity contribution in [2.75, 3.05) is 13.7 Å². The molecule has 1 fully saturated rings. The van der Waals surface area contributed by atoms with Gasteiger partial charge in [0.15, 0.2) is 5.78 Å². The van der Waals surface area contributed by atoms with Crippen molar-refractivity contribution in [1.82, 2.24) is 0 Å². The van der Waals surface area contributed by atoms with Gasteiger partial charge in [0, 0.05) is 36.5 Å². The lowest BCUT2D eigenvalue weighted by atomic mass is 9.60. The van der Waals surface area contributed by atoms with Crippen LogP contribution >= 0.6 is 0 Å². The van der Waals surface area contributed by atoms with E-state index in [0.29, 0.717) is 16.7 Å². The predicted molar refractivity (Wildman–Crippen MR) is 135 cm³/mol. The highest BCUT2D eigenvalue weighted by Crippen LogP contribution is 2.70. The molecule has 0 amide bonds. The van der Waals surface area contributed by atoms with Gasteiger partial charge in [-0.3, -0.25) is 9.59 Å². The first kappa shape index (κ1) is 24.6. The summed E-state index contributed by atoms with van der Waals surface area (Å²) in [6.07, 6.45) is -1.27. The van der Waals surface area contributed by atoms with Gasteiger partial charge in [0.2, 0.25) is 0 Å². The Labute approximate surface area is 225 Å². The first-order chi connectivity index (χ1) is 18.9. The molecule has 1 saturated carbocycles. The number of carbonyl (C=O) groups is 3. The Morgan fingerprint density at radius 3 is 2.38 bits per heavy atom. The normalized spacial score (nSPS) is 29.1. The van der Waals surface area contributed by atoms with E-state index in [2.05, 4.69) is 0 Å². The lowest BCUT2D eigenvalue weighted by Crippen LogP contribution is -2.56. The molecule has 3 aliphatic carbocycles. The van der Waals surface area contributed by atoms with Crippen molar-refractivity contribution in [2.45, 2.75) is 44.3 Å². The molecule has 5 atom stereocenters. The Morgan fingerprint density at radius 2 is 1.70 bits per heavy atom. The van der Waals surface area contributed by atoms with Gasteiger partial charge in [-0.15, -0.1) is 0 Å². The van der Waals surface area contributed by atoms with Crippen molar-refractivity contribution in [3.05, 3.63) is 61.5 Å². The van der Waals surface area contributed by atoms with Crippen LogP contribution in [0.25, 0.3) is 10.8 Å². The third kappa shape index (κ3) is 2.46. The van der Waals surface area contributed by atoms with Crippen molar-refractivity contribution >= 4 is 28.5 Å². The third-order valence-electron chi connectivity index (χ3n) is 9.44. The molecule has 0 radical (unpaired) electrons. The number of benzene rings is 2. The summed E-state index contributed by atoms with van der Waals surface area (Å²) >= 11 is 0. The van der Waals surface area contributed by atoms with Crippen LogP contribution in [0.1, 0.15) is 55.5 Å². The molecule has 2 aromatic carbocycles. The second-order valence-electron chi connectivity index (χ2n) is 11.1. The summed E-state index contributed by atoms with van der Waals surface area (Å²) in [4.78, 5) is 53.1. The summed E-state index contributed by atoms with van der Waals surface area (Å²) in [5.74, 6) is -5.37. The predicted octanol–water partition coefficient (Wildman–Crippen LogP) is 2.41. The average molecular weight is 549 g/mol. The molecule has 3 aromatic rings. The molecule has 3 N–H and O–H groups in total. The summed E-state index contributed by atoms with van der Waals surface area (Å²) in [6.45, 7) is 4.22. The fraction of sp³-hybridized carbons (Fsp3) is 0.379. The summed E-state index contributed by atoms with van der Waals surface area (Å²) in [6, 6.07) is 2.69. The smallest absolute Gasteiger partial charge is 0.350 e. The van der Waals surface area contributed by atoms with Crippen LogP contribution in [0.5, 0.6) is 17.4 Å². The molecule has 11 heteroatoms. The molecule has 11 nitrogen and oxygen atoms in total. The van der Waals surface area contributed by atoms with Crippen molar-refractivity contribution in [2.24, 2.45) is 11.8 Å². The van der Waals surface area contributed by atoms with E-state index in [1.165, 1.54) is 26.2 Å². The molecule has 1 aliphatic heterocycles. The van der Waals surface area contributed by atoms with Gasteiger partial charge >= 0.3 is 17.6 Å². The molecule has 4 aliphatic rings. The van der Waals surface area contributed by atoms with Crippen molar-refractivity contribution in [3.8, 4) is 17.4 Å². The van der Waals surface area contributed by atoms with E-state index in [4.69, 9.17) is 18.6 Å². The Bertz CT molecular complexity index is 1820. The number of fused-ring (bicyclic) bond motifs is 4. The second-order valence-corrected chi connectivity index (χ2v) is 11.1. The number of phenolic OH excluding ortho intramolecular Hbond substituents is 2. The zero-order chi connectivity index (χ0) is 28.6. The van der Waals surface area contributed by atoms with Crippen LogP contribution in [0, 0.1) is 25.7 Å².